The zero-order valence-corrected chi connectivity index (χ0v) is 28.3. The summed E-state index contributed by atoms with van der Waals surface area (Å²) in [7, 11) is 0. The van der Waals surface area contributed by atoms with Crippen LogP contribution in [0.5, 0.6) is 0 Å². The Morgan fingerprint density at radius 3 is 1.46 bits per heavy atom. The lowest BCUT2D eigenvalue weighted by Gasteiger charge is -2.26. The standard InChI is InChI=1S/C48H38N2/c1-2-3-32-49-45-25-15-14-20-39(45)44-33-38(30-31-46(44)49)50(36-18-8-5-9-19-36)37-28-26-35(27-29-37)48-42-23-12-10-21-40(42)47(34-16-6-4-7-17-34)41-22-11-13-24-43(41)48/h4-31,33H,2-3,32H2,1H3. The van der Waals surface area contributed by atoms with Gasteiger partial charge in [0.25, 0.3) is 0 Å². The molecular weight excluding hydrogens is 605 g/mol. The van der Waals surface area contributed by atoms with E-state index < -0.39 is 0 Å². The van der Waals surface area contributed by atoms with Crippen molar-refractivity contribution in [1.29, 1.82) is 0 Å². The van der Waals surface area contributed by atoms with Gasteiger partial charge in [-0.25, -0.2) is 0 Å². The Labute approximate surface area is 293 Å². The summed E-state index contributed by atoms with van der Waals surface area (Å²) in [5.41, 5.74) is 11.0. The molecular formula is C48H38N2. The van der Waals surface area contributed by atoms with E-state index in [1.54, 1.807) is 0 Å². The van der Waals surface area contributed by atoms with Crippen LogP contribution in [0.2, 0.25) is 0 Å². The van der Waals surface area contributed by atoms with Crippen LogP contribution in [0.3, 0.4) is 0 Å². The van der Waals surface area contributed by atoms with Crippen LogP contribution in [0.1, 0.15) is 19.8 Å². The fourth-order valence-corrected chi connectivity index (χ4v) is 7.89. The van der Waals surface area contributed by atoms with Gasteiger partial charge in [-0.15, -0.1) is 0 Å². The van der Waals surface area contributed by atoms with Crippen molar-refractivity contribution in [1.82, 2.24) is 4.57 Å². The van der Waals surface area contributed by atoms with Gasteiger partial charge in [0.15, 0.2) is 0 Å². The molecule has 0 amide bonds. The Balaban J connectivity index is 1.21. The zero-order valence-electron chi connectivity index (χ0n) is 28.3. The Morgan fingerprint density at radius 2 is 0.860 bits per heavy atom. The van der Waals surface area contributed by atoms with Crippen LogP contribution in [0, 0.1) is 0 Å². The van der Waals surface area contributed by atoms with Crippen LogP contribution in [0.15, 0.2) is 176 Å². The fourth-order valence-electron chi connectivity index (χ4n) is 7.89. The van der Waals surface area contributed by atoms with Crippen LogP contribution < -0.4 is 4.90 Å². The number of unbranched alkanes of at least 4 members (excludes halogenated alkanes) is 1. The average Bonchev–Trinajstić information content (AvgIpc) is 3.50. The summed E-state index contributed by atoms with van der Waals surface area (Å²) in [5.74, 6) is 0. The Bertz CT molecular complexity index is 2560. The maximum Gasteiger partial charge on any atom is 0.0492 e. The Hall–Kier alpha value is -6.12. The monoisotopic (exact) mass is 642 g/mol. The normalized spacial score (nSPS) is 11.5. The molecule has 2 nitrogen and oxygen atoms in total. The first-order valence-electron chi connectivity index (χ1n) is 17.8. The fraction of sp³-hybridized carbons (Fsp3) is 0.0833. The van der Waals surface area contributed by atoms with Gasteiger partial charge in [-0.05, 0) is 98.8 Å². The second-order valence-corrected chi connectivity index (χ2v) is 13.1. The van der Waals surface area contributed by atoms with Crippen molar-refractivity contribution in [2.45, 2.75) is 26.3 Å². The molecule has 0 aliphatic carbocycles. The molecule has 240 valence electrons. The van der Waals surface area contributed by atoms with Crippen molar-refractivity contribution in [2.24, 2.45) is 0 Å². The minimum Gasteiger partial charge on any atom is -0.340 e. The molecule has 9 aromatic rings. The number of nitrogens with zero attached hydrogens (tertiary/aromatic N) is 2. The number of para-hydroxylation sites is 2. The highest BCUT2D eigenvalue weighted by molar-refractivity contribution is 6.21. The van der Waals surface area contributed by atoms with Gasteiger partial charge in [-0.1, -0.05) is 141 Å². The number of aromatic nitrogens is 1. The molecule has 2 heteroatoms. The first-order valence-corrected chi connectivity index (χ1v) is 17.8. The van der Waals surface area contributed by atoms with Gasteiger partial charge >= 0.3 is 0 Å². The van der Waals surface area contributed by atoms with Gasteiger partial charge in [0.2, 0.25) is 0 Å². The lowest BCUT2D eigenvalue weighted by atomic mass is 9.86. The second kappa shape index (κ2) is 12.7. The summed E-state index contributed by atoms with van der Waals surface area (Å²) in [6, 6.07) is 64.3. The molecule has 0 spiro atoms. The first-order chi connectivity index (χ1) is 24.8. The molecule has 8 aromatic carbocycles. The number of rotatable bonds is 8. The van der Waals surface area contributed by atoms with E-state index in [9.17, 15) is 0 Å². The van der Waals surface area contributed by atoms with E-state index in [1.807, 2.05) is 0 Å². The largest absolute Gasteiger partial charge is 0.340 e. The predicted molar refractivity (Wildman–Crippen MR) is 215 cm³/mol. The molecule has 0 fully saturated rings. The zero-order chi connectivity index (χ0) is 33.4. The molecule has 0 atom stereocenters. The van der Waals surface area contributed by atoms with E-state index in [0.29, 0.717) is 0 Å². The van der Waals surface area contributed by atoms with Crippen LogP contribution in [0.4, 0.5) is 17.1 Å². The summed E-state index contributed by atoms with van der Waals surface area (Å²) >= 11 is 0. The number of hydrogen-bond donors (Lipinski definition) is 0. The summed E-state index contributed by atoms with van der Waals surface area (Å²) < 4.78 is 2.50. The van der Waals surface area contributed by atoms with E-state index in [4.69, 9.17) is 0 Å². The van der Waals surface area contributed by atoms with Crippen LogP contribution in [-0.2, 0) is 6.54 Å². The van der Waals surface area contributed by atoms with Gasteiger partial charge in [0.1, 0.15) is 0 Å². The Kier molecular flexibility index (Phi) is 7.63. The van der Waals surface area contributed by atoms with Crippen LogP contribution in [-0.4, -0.2) is 4.57 Å². The maximum atomic E-state index is 2.50. The molecule has 1 aromatic heterocycles. The number of anilines is 3. The summed E-state index contributed by atoms with van der Waals surface area (Å²) in [5, 5.41) is 7.68. The molecule has 0 aliphatic heterocycles. The van der Waals surface area contributed by atoms with Crippen molar-refractivity contribution >= 4 is 60.4 Å². The third-order valence-corrected chi connectivity index (χ3v) is 10.2. The number of fused-ring (bicyclic) bond motifs is 5. The number of benzene rings is 8. The molecule has 0 N–H and O–H groups in total. The van der Waals surface area contributed by atoms with Crippen molar-refractivity contribution < 1.29 is 0 Å². The SMILES string of the molecule is CCCCn1c2ccccc2c2cc(N(c3ccccc3)c3ccc(-c4c5ccccc5c(-c5ccccc5)c5ccccc45)cc3)ccc21. The van der Waals surface area contributed by atoms with Crippen molar-refractivity contribution in [3.8, 4) is 22.3 Å². The minimum atomic E-state index is 1.03. The van der Waals surface area contributed by atoms with E-state index in [0.717, 1.165) is 30.0 Å². The van der Waals surface area contributed by atoms with Crippen molar-refractivity contribution in [3.05, 3.63) is 176 Å². The minimum absolute atomic E-state index is 1.03. The summed E-state index contributed by atoms with van der Waals surface area (Å²) in [6.07, 6.45) is 2.34. The second-order valence-electron chi connectivity index (χ2n) is 13.1. The summed E-state index contributed by atoms with van der Waals surface area (Å²) in [6.45, 7) is 3.29. The van der Waals surface area contributed by atoms with E-state index >= 15 is 0 Å². The van der Waals surface area contributed by atoms with Crippen molar-refractivity contribution in [2.75, 3.05) is 4.90 Å². The molecule has 9 rings (SSSR count). The quantitative estimate of drug-likeness (QED) is 0.150. The van der Waals surface area contributed by atoms with Crippen LogP contribution in [0.25, 0.3) is 65.6 Å². The molecule has 0 radical (unpaired) electrons. The highest BCUT2D eigenvalue weighted by Gasteiger charge is 2.19. The van der Waals surface area contributed by atoms with Gasteiger partial charge in [0, 0.05) is 45.4 Å². The maximum absolute atomic E-state index is 2.50. The average molecular weight is 643 g/mol. The van der Waals surface area contributed by atoms with Gasteiger partial charge in [0.05, 0.1) is 0 Å². The highest BCUT2D eigenvalue weighted by Crippen LogP contribution is 2.45. The van der Waals surface area contributed by atoms with E-state index in [-0.39, 0.29) is 0 Å². The molecule has 0 bridgehead atoms. The molecule has 0 unspecified atom stereocenters. The lowest BCUT2D eigenvalue weighted by Crippen LogP contribution is -2.09. The predicted octanol–water partition coefficient (Wildman–Crippen LogP) is 13.7. The molecule has 0 saturated heterocycles. The molecule has 1 heterocycles. The van der Waals surface area contributed by atoms with Crippen LogP contribution >= 0.6 is 0 Å². The Morgan fingerprint density at radius 1 is 0.400 bits per heavy atom. The highest BCUT2D eigenvalue weighted by atomic mass is 15.1. The molecule has 0 saturated carbocycles. The molecule has 50 heavy (non-hydrogen) atoms. The topological polar surface area (TPSA) is 8.17 Å². The lowest BCUT2D eigenvalue weighted by molar-refractivity contribution is 0.665. The smallest absolute Gasteiger partial charge is 0.0492 e. The number of hydrogen-bond acceptors (Lipinski definition) is 1. The van der Waals surface area contributed by atoms with Gasteiger partial charge < -0.3 is 9.47 Å². The van der Waals surface area contributed by atoms with E-state index in [2.05, 4.69) is 192 Å². The van der Waals surface area contributed by atoms with Crippen molar-refractivity contribution in [3.63, 3.8) is 0 Å². The number of aryl methyl sites for hydroxylation is 1. The first kappa shape index (κ1) is 30.0. The van der Waals surface area contributed by atoms with E-state index in [1.165, 1.54) is 72.0 Å². The molecule has 0 aliphatic rings. The third-order valence-electron chi connectivity index (χ3n) is 10.2. The van der Waals surface area contributed by atoms with Gasteiger partial charge in [-0.3, -0.25) is 0 Å². The third kappa shape index (κ3) is 5.04. The summed E-state index contributed by atoms with van der Waals surface area (Å²) in [4.78, 5) is 2.39. The van der Waals surface area contributed by atoms with Gasteiger partial charge in [-0.2, -0.15) is 0 Å².